The van der Waals surface area contributed by atoms with Crippen molar-refractivity contribution in [1.82, 2.24) is 9.97 Å². The molecule has 0 spiro atoms. The number of hydrogen-bond donors (Lipinski definition) is 0. The normalized spacial score (nSPS) is 10.9. The standard InChI is InChI=1S/C24H10N6S2/c1-27-24(28-2)21-12-19(16-5-9-30-10-6-16)23(32-21)22-18(15-3-7-29-8-4-15)11-20(31-22)17(13-25)14-26/h3-12H/b23-22+. The zero-order valence-corrected chi connectivity index (χ0v) is 17.9. The number of nitriles is 2. The SMILES string of the molecule is [C-]#[N+]C([N+]#[C-])=c1cc(-c2ccncc2)/c(=c2\sc(=C(C#N)C#N)cc2-c2ccncc2)s1. The largest absolute Gasteiger partial charge is 0.536 e. The minimum atomic E-state index is 0.0000908. The number of hydrogen-bond acceptors (Lipinski definition) is 6. The van der Waals surface area contributed by atoms with E-state index in [0.29, 0.717) is 9.06 Å². The van der Waals surface area contributed by atoms with Crippen LogP contribution in [0.25, 0.3) is 43.3 Å². The maximum atomic E-state index is 9.41. The van der Waals surface area contributed by atoms with E-state index in [2.05, 4.69) is 19.7 Å². The third-order valence-corrected chi connectivity index (χ3v) is 7.00. The molecule has 0 amide bonds. The molecule has 4 heterocycles. The molecule has 0 aliphatic rings. The van der Waals surface area contributed by atoms with Crippen molar-refractivity contribution in [3.8, 4) is 34.4 Å². The fraction of sp³-hybridized carbons (Fsp3) is 0. The highest BCUT2D eigenvalue weighted by Gasteiger charge is 2.14. The predicted molar refractivity (Wildman–Crippen MR) is 123 cm³/mol. The van der Waals surface area contributed by atoms with Gasteiger partial charge in [-0.3, -0.25) is 9.97 Å². The summed E-state index contributed by atoms with van der Waals surface area (Å²) in [6.07, 6.45) is 6.74. The van der Waals surface area contributed by atoms with Crippen LogP contribution in [0.2, 0.25) is 0 Å². The van der Waals surface area contributed by atoms with E-state index in [0.717, 1.165) is 31.3 Å². The molecular formula is C24H10N6S2. The van der Waals surface area contributed by atoms with Gasteiger partial charge in [0.05, 0.1) is 13.6 Å². The van der Waals surface area contributed by atoms with Gasteiger partial charge in [0.25, 0.3) is 0 Å². The van der Waals surface area contributed by atoms with Crippen molar-refractivity contribution in [2.24, 2.45) is 0 Å². The van der Waals surface area contributed by atoms with Crippen molar-refractivity contribution in [3.63, 3.8) is 0 Å². The van der Waals surface area contributed by atoms with Crippen molar-refractivity contribution in [2.45, 2.75) is 0 Å². The van der Waals surface area contributed by atoms with Crippen molar-refractivity contribution >= 4 is 34.1 Å². The van der Waals surface area contributed by atoms with E-state index in [-0.39, 0.29) is 11.4 Å². The van der Waals surface area contributed by atoms with Crippen LogP contribution in [0.4, 0.5) is 0 Å². The predicted octanol–water partition coefficient (Wildman–Crippen LogP) is 4.32. The topological polar surface area (TPSA) is 82.1 Å². The van der Waals surface area contributed by atoms with Crippen LogP contribution in [-0.2, 0) is 0 Å². The molecule has 0 fully saturated rings. The van der Waals surface area contributed by atoms with E-state index >= 15 is 0 Å². The molecule has 0 aliphatic carbocycles. The summed E-state index contributed by atoms with van der Waals surface area (Å²) in [6.45, 7) is 14.7. The number of aromatic nitrogens is 2. The first-order valence-electron chi connectivity index (χ1n) is 9.08. The maximum absolute atomic E-state index is 9.41. The Morgan fingerprint density at radius 2 is 1.19 bits per heavy atom. The Hall–Kier alpha value is -4.60. The molecule has 0 radical (unpaired) electrons. The Morgan fingerprint density at radius 1 is 0.750 bits per heavy atom. The van der Waals surface area contributed by atoms with Gasteiger partial charge in [-0.25, -0.2) is 0 Å². The molecule has 148 valence electrons. The van der Waals surface area contributed by atoms with Gasteiger partial charge in [-0.2, -0.15) is 20.2 Å². The first-order chi connectivity index (χ1) is 15.7. The zero-order chi connectivity index (χ0) is 22.5. The van der Waals surface area contributed by atoms with Gasteiger partial charge in [0.15, 0.2) is 0 Å². The Labute approximate surface area is 190 Å². The van der Waals surface area contributed by atoms with Crippen LogP contribution in [0, 0.1) is 44.9 Å². The number of thiophene rings is 2. The highest BCUT2D eigenvalue weighted by atomic mass is 32.1. The van der Waals surface area contributed by atoms with Crippen molar-refractivity contribution in [3.05, 3.63) is 102 Å². The van der Waals surface area contributed by atoms with Crippen LogP contribution in [0.1, 0.15) is 0 Å². The lowest BCUT2D eigenvalue weighted by Gasteiger charge is -1.99. The number of rotatable bonds is 2. The van der Waals surface area contributed by atoms with E-state index in [1.807, 2.05) is 48.5 Å². The van der Waals surface area contributed by atoms with Gasteiger partial charge < -0.3 is 0 Å². The molecule has 0 atom stereocenters. The fourth-order valence-electron chi connectivity index (χ4n) is 3.11. The molecule has 8 heteroatoms. The van der Waals surface area contributed by atoms with Gasteiger partial charge in [-0.15, -0.1) is 22.7 Å². The molecule has 0 saturated carbocycles. The Bertz CT molecular complexity index is 1540. The van der Waals surface area contributed by atoms with E-state index in [9.17, 15) is 10.5 Å². The van der Waals surface area contributed by atoms with Gasteiger partial charge in [0.2, 0.25) is 0 Å². The molecule has 0 N–H and O–H groups in total. The highest BCUT2D eigenvalue weighted by Crippen LogP contribution is 2.28. The Morgan fingerprint density at radius 3 is 1.62 bits per heavy atom. The van der Waals surface area contributed by atoms with Gasteiger partial charge in [0.1, 0.15) is 35.4 Å². The number of pyridine rings is 2. The lowest BCUT2D eigenvalue weighted by molar-refractivity contribution is 1.33. The van der Waals surface area contributed by atoms with Crippen LogP contribution >= 0.6 is 22.7 Å². The average molecular weight is 447 g/mol. The molecule has 0 unspecified atom stereocenters. The Balaban J connectivity index is 2.30. The quantitative estimate of drug-likeness (QED) is 0.429. The Kier molecular flexibility index (Phi) is 5.84. The van der Waals surface area contributed by atoms with E-state index < -0.39 is 0 Å². The van der Waals surface area contributed by atoms with Crippen molar-refractivity contribution in [2.75, 3.05) is 0 Å². The van der Waals surface area contributed by atoms with E-state index in [1.165, 1.54) is 22.7 Å². The van der Waals surface area contributed by atoms with Gasteiger partial charge >= 0.3 is 5.82 Å². The van der Waals surface area contributed by atoms with Crippen LogP contribution in [0.3, 0.4) is 0 Å². The van der Waals surface area contributed by atoms with Crippen molar-refractivity contribution < 1.29 is 0 Å². The van der Waals surface area contributed by atoms with E-state index in [1.54, 1.807) is 24.8 Å². The summed E-state index contributed by atoms with van der Waals surface area (Å²) in [5, 5.41) is 18.8. The summed E-state index contributed by atoms with van der Waals surface area (Å²) in [7, 11) is 0. The number of nitrogens with zero attached hydrogens (tertiary/aromatic N) is 6. The molecule has 0 aliphatic heterocycles. The molecule has 4 rings (SSSR count). The third kappa shape index (κ3) is 3.76. The molecule has 0 bridgehead atoms. The average Bonchev–Trinajstić information content (AvgIpc) is 3.47. The molecule has 6 nitrogen and oxygen atoms in total. The summed E-state index contributed by atoms with van der Waals surface area (Å²) in [6, 6.07) is 15.1. The minimum Gasteiger partial charge on any atom is -0.265 e. The van der Waals surface area contributed by atoms with Crippen LogP contribution < -0.4 is 9.06 Å². The first-order valence-corrected chi connectivity index (χ1v) is 10.7. The summed E-state index contributed by atoms with van der Waals surface area (Å²) in [5.74, 6) is 0.0000908. The lowest BCUT2D eigenvalue weighted by atomic mass is 10.1. The van der Waals surface area contributed by atoms with Gasteiger partial charge in [-0.05, 0) is 47.5 Å². The second-order valence-electron chi connectivity index (χ2n) is 6.32. The molecule has 32 heavy (non-hydrogen) atoms. The minimum absolute atomic E-state index is 0.0000908. The fourth-order valence-corrected chi connectivity index (χ4v) is 5.51. The maximum Gasteiger partial charge on any atom is 0.536 e. The summed E-state index contributed by atoms with van der Waals surface area (Å²) >= 11 is 2.69. The molecule has 0 saturated heterocycles. The lowest BCUT2D eigenvalue weighted by Crippen LogP contribution is -1.94. The van der Waals surface area contributed by atoms with E-state index in [4.69, 9.17) is 13.1 Å². The zero-order valence-electron chi connectivity index (χ0n) is 16.3. The van der Waals surface area contributed by atoms with Gasteiger partial charge in [0, 0.05) is 35.9 Å². The second-order valence-corrected chi connectivity index (χ2v) is 8.43. The first kappa shape index (κ1) is 20.7. The van der Waals surface area contributed by atoms with Crippen LogP contribution in [0.5, 0.6) is 0 Å². The monoisotopic (exact) mass is 446 g/mol. The summed E-state index contributed by atoms with van der Waals surface area (Å²) < 4.78 is 2.84. The molecular weight excluding hydrogens is 436 g/mol. The van der Waals surface area contributed by atoms with Crippen LogP contribution in [-0.4, -0.2) is 9.97 Å². The highest BCUT2D eigenvalue weighted by molar-refractivity contribution is 7.12. The molecule has 4 aromatic heterocycles. The van der Waals surface area contributed by atoms with Gasteiger partial charge in [-0.1, -0.05) is 0 Å². The summed E-state index contributed by atoms with van der Waals surface area (Å²) in [5.41, 5.74) is 3.53. The van der Waals surface area contributed by atoms with Crippen molar-refractivity contribution in [1.29, 1.82) is 10.5 Å². The molecule has 4 aromatic rings. The second kappa shape index (κ2) is 9.04. The van der Waals surface area contributed by atoms with Crippen LogP contribution in [0.15, 0.2) is 61.2 Å². The smallest absolute Gasteiger partial charge is 0.265 e. The molecule has 0 aromatic carbocycles. The summed E-state index contributed by atoms with van der Waals surface area (Å²) in [4.78, 5) is 14.9. The third-order valence-electron chi connectivity index (χ3n) is 4.56.